The summed E-state index contributed by atoms with van der Waals surface area (Å²) in [6, 6.07) is 12.0. The van der Waals surface area contributed by atoms with E-state index in [1.807, 2.05) is 18.2 Å². The molecule has 0 spiro atoms. The Morgan fingerprint density at radius 1 is 0.974 bits per heavy atom. The van der Waals surface area contributed by atoms with Crippen LogP contribution in [0.15, 0.2) is 57.6 Å². The van der Waals surface area contributed by atoms with Gasteiger partial charge in [-0.2, -0.15) is 4.98 Å². The fourth-order valence-corrected chi connectivity index (χ4v) is 6.94. The molecule has 0 radical (unpaired) electrons. The van der Waals surface area contributed by atoms with Crippen molar-refractivity contribution in [3.8, 4) is 22.6 Å². The van der Waals surface area contributed by atoms with E-state index < -0.39 is 5.97 Å². The fraction of sp³-hybridized carbons (Fsp3) is 0.333. The molecule has 0 atom stereocenters. The van der Waals surface area contributed by atoms with Crippen LogP contribution in [0.5, 0.6) is 0 Å². The second-order valence-corrected chi connectivity index (χ2v) is 12.0. The van der Waals surface area contributed by atoms with Gasteiger partial charge in [-0.25, -0.2) is 4.79 Å². The number of aromatic nitrogens is 3. The smallest absolute Gasteiger partial charge is 0.335 e. The Hall–Kier alpha value is -3.42. The van der Waals surface area contributed by atoms with E-state index in [1.165, 1.54) is 0 Å². The van der Waals surface area contributed by atoms with Gasteiger partial charge in [0.05, 0.1) is 21.0 Å². The molecule has 0 aliphatic heterocycles. The molecule has 7 nitrogen and oxygen atoms in total. The van der Waals surface area contributed by atoms with Crippen molar-refractivity contribution in [2.24, 2.45) is 5.41 Å². The van der Waals surface area contributed by atoms with Crippen molar-refractivity contribution in [3.05, 3.63) is 81.4 Å². The standard InChI is InChI=1S/C30H25Cl2N3O4/c31-21-2-1-3-22(32)23(21)24-20(25(38-34-24)17-4-5-17)10-11-29-12-14-30(16-29,15-13-29)28-33-26(35-39-28)18-6-8-19(9-7-18)27(36)37/h1-3,6-11,17H,4-5,12-16H2,(H,36,37)/b11-10+. The highest BCUT2D eigenvalue weighted by molar-refractivity contribution is 6.39. The molecule has 4 aromatic rings. The summed E-state index contributed by atoms with van der Waals surface area (Å²) < 4.78 is 11.6. The molecule has 2 heterocycles. The number of rotatable bonds is 7. The van der Waals surface area contributed by atoms with Gasteiger partial charge in [0.1, 0.15) is 11.5 Å². The average Bonchev–Trinajstić information content (AvgIpc) is 3.28. The quantitative estimate of drug-likeness (QED) is 0.242. The molecule has 3 fully saturated rings. The van der Waals surface area contributed by atoms with Crippen molar-refractivity contribution in [1.82, 2.24) is 15.3 Å². The number of hydrogen-bond acceptors (Lipinski definition) is 6. The van der Waals surface area contributed by atoms with Gasteiger partial charge in [-0.3, -0.25) is 0 Å². The molecule has 0 saturated heterocycles. The SMILES string of the molecule is O=C(O)c1ccc(-c2noc(C34CCC(/C=C/c5c(-c6c(Cl)cccc6Cl)noc5C5CC5)(CC3)C4)n2)cc1. The Morgan fingerprint density at radius 3 is 2.36 bits per heavy atom. The molecule has 2 aromatic carbocycles. The second-order valence-electron chi connectivity index (χ2n) is 11.1. The Labute approximate surface area is 234 Å². The highest BCUT2D eigenvalue weighted by Gasteiger charge is 2.56. The Bertz CT molecular complexity index is 1590. The monoisotopic (exact) mass is 561 g/mol. The molecule has 1 N–H and O–H groups in total. The third-order valence-corrected chi connectivity index (χ3v) is 9.30. The van der Waals surface area contributed by atoms with Gasteiger partial charge in [0, 0.05) is 22.6 Å². The molecule has 0 amide bonds. The predicted octanol–water partition coefficient (Wildman–Crippen LogP) is 8.19. The minimum atomic E-state index is -0.965. The molecule has 2 aromatic heterocycles. The summed E-state index contributed by atoms with van der Waals surface area (Å²) in [5.41, 5.74) is 3.20. The van der Waals surface area contributed by atoms with E-state index in [9.17, 15) is 4.79 Å². The molecule has 3 aliphatic rings. The molecule has 2 bridgehead atoms. The van der Waals surface area contributed by atoms with Crippen molar-refractivity contribution < 1.29 is 18.9 Å². The Morgan fingerprint density at radius 2 is 1.69 bits per heavy atom. The maximum absolute atomic E-state index is 11.2. The highest BCUT2D eigenvalue weighted by atomic mass is 35.5. The van der Waals surface area contributed by atoms with Gasteiger partial charge < -0.3 is 14.2 Å². The normalized spacial score (nSPS) is 24.2. The zero-order chi connectivity index (χ0) is 26.8. The third-order valence-electron chi connectivity index (χ3n) is 8.67. The first kappa shape index (κ1) is 24.6. The predicted molar refractivity (Wildman–Crippen MR) is 147 cm³/mol. The molecule has 198 valence electrons. The number of fused-ring (bicyclic) bond motifs is 2. The Kier molecular flexibility index (Phi) is 5.72. The lowest BCUT2D eigenvalue weighted by Crippen LogP contribution is -2.19. The van der Waals surface area contributed by atoms with Gasteiger partial charge in [-0.05, 0) is 74.6 Å². The van der Waals surface area contributed by atoms with E-state index in [2.05, 4.69) is 22.5 Å². The summed E-state index contributed by atoms with van der Waals surface area (Å²) in [5.74, 6) is 1.48. The lowest BCUT2D eigenvalue weighted by Gasteiger charge is -2.23. The van der Waals surface area contributed by atoms with Crippen molar-refractivity contribution in [1.29, 1.82) is 0 Å². The maximum atomic E-state index is 11.2. The van der Waals surface area contributed by atoms with Crippen molar-refractivity contribution in [2.45, 2.75) is 56.3 Å². The molecule has 7 rings (SSSR count). The fourth-order valence-electron chi connectivity index (χ4n) is 6.36. The number of aromatic carboxylic acids is 1. The van der Waals surface area contributed by atoms with Crippen molar-refractivity contribution in [3.63, 3.8) is 0 Å². The number of carboxylic acids is 1. The van der Waals surface area contributed by atoms with Gasteiger partial charge in [-0.1, -0.05) is 63.9 Å². The minimum absolute atomic E-state index is 0.0252. The summed E-state index contributed by atoms with van der Waals surface area (Å²) in [7, 11) is 0. The molecule has 9 heteroatoms. The maximum Gasteiger partial charge on any atom is 0.335 e. The minimum Gasteiger partial charge on any atom is -0.478 e. The van der Waals surface area contributed by atoms with Crippen LogP contribution in [0, 0.1) is 5.41 Å². The van der Waals surface area contributed by atoms with E-state index >= 15 is 0 Å². The van der Waals surface area contributed by atoms with Gasteiger partial charge in [-0.15, -0.1) is 0 Å². The lowest BCUT2D eigenvalue weighted by atomic mass is 9.81. The van der Waals surface area contributed by atoms with E-state index in [4.69, 9.17) is 42.3 Å². The zero-order valence-electron chi connectivity index (χ0n) is 21.0. The van der Waals surface area contributed by atoms with Crippen LogP contribution in [0.25, 0.3) is 28.7 Å². The molecule has 39 heavy (non-hydrogen) atoms. The number of carbonyl (C=O) groups is 1. The zero-order valence-corrected chi connectivity index (χ0v) is 22.5. The summed E-state index contributed by atoms with van der Waals surface area (Å²) in [4.78, 5) is 15.9. The first-order valence-electron chi connectivity index (χ1n) is 13.2. The van der Waals surface area contributed by atoms with Crippen LogP contribution in [0.1, 0.15) is 78.4 Å². The second kappa shape index (κ2) is 9.07. The van der Waals surface area contributed by atoms with E-state index in [0.29, 0.717) is 38.9 Å². The van der Waals surface area contributed by atoms with E-state index in [1.54, 1.807) is 24.3 Å². The number of benzene rings is 2. The first-order chi connectivity index (χ1) is 18.9. The van der Waals surface area contributed by atoms with Crippen molar-refractivity contribution in [2.75, 3.05) is 0 Å². The van der Waals surface area contributed by atoms with Gasteiger partial charge in [0.25, 0.3) is 0 Å². The van der Waals surface area contributed by atoms with Crippen LogP contribution < -0.4 is 0 Å². The van der Waals surface area contributed by atoms with Crippen LogP contribution in [0.2, 0.25) is 10.0 Å². The highest BCUT2D eigenvalue weighted by Crippen LogP contribution is 2.63. The molecule has 0 unspecified atom stereocenters. The van der Waals surface area contributed by atoms with Gasteiger partial charge in [0.2, 0.25) is 11.7 Å². The third kappa shape index (κ3) is 4.19. The summed E-state index contributed by atoms with van der Waals surface area (Å²) >= 11 is 13.1. The largest absolute Gasteiger partial charge is 0.478 e. The summed E-state index contributed by atoms with van der Waals surface area (Å²) in [6.45, 7) is 0. The molecular formula is C30H25Cl2N3O4. The number of halogens is 2. The lowest BCUT2D eigenvalue weighted by molar-refractivity contribution is 0.0697. The molecule has 3 saturated carbocycles. The molecule has 3 aliphatic carbocycles. The topological polar surface area (TPSA) is 102 Å². The Balaban J connectivity index is 1.17. The van der Waals surface area contributed by atoms with Crippen LogP contribution in [-0.2, 0) is 5.41 Å². The van der Waals surface area contributed by atoms with E-state index in [0.717, 1.165) is 61.8 Å². The number of carboxylic acid groups (broad SMARTS) is 1. The van der Waals surface area contributed by atoms with Gasteiger partial charge >= 0.3 is 5.97 Å². The van der Waals surface area contributed by atoms with Gasteiger partial charge in [0.15, 0.2) is 0 Å². The number of hydrogen-bond donors (Lipinski definition) is 1. The first-order valence-corrected chi connectivity index (χ1v) is 13.9. The summed E-state index contributed by atoms with van der Waals surface area (Å²) in [5, 5.41) is 18.9. The van der Waals surface area contributed by atoms with Crippen LogP contribution in [0.4, 0.5) is 0 Å². The number of allylic oxidation sites excluding steroid dienone is 1. The van der Waals surface area contributed by atoms with E-state index in [-0.39, 0.29) is 16.4 Å². The molecular weight excluding hydrogens is 537 g/mol. The van der Waals surface area contributed by atoms with Crippen molar-refractivity contribution >= 4 is 35.2 Å². The van der Waals surface area contributed by atoms with Crippen LogP contribution in [0.3, 0.4) is 0 Å². The van der Waals surface area contributed by atoms with Crippen LogP contribution in [-0.4, -0.2) is 26.4 Å². The average molecular weight is 562 g/mol. The van der Waals surface area contributed by atoms with Crippen LogP contribution >= 0.6 is 23.2 Å². The summed E-state index contributed by atoms with van der Waals surface area (Å²) in [6.07, 6.45) is 11.6. The number of nitrogens with zero attached hydrogens (tertiary/aromatic N) is 3.